The van der Waals surface area contributed by atoms with Crippen LogP contribution in [0.3, 0.4) is 0 Å². The highest BCUT2D eigenvalue weighted by molar-refractivity contribution is 7.90. The molecule has 0 unspecified atom stereocenters. The van der Waals surface area contributed by atoms with Crippen molar-refractivity contribution in [3.05, 3.63) is 12.1 Å². The van der Waals surface area contributed by atoms with Crippen LogP contribution in [0.15, 0.2) is 10.6 Å². The van der Waals surface area contributed by atoms with Crippen LogP contribution in [0, 0.1) is 0 Å². The van der Waals surface area contributed by atoms with Crippen LogP contribution in [0.5, 0.6) is 0 Å². The van der Waals surface area contributed by atoms with E-state index >= 15 is 0 Å². The van der Waals surface area contributed by atoms with Gasteiger partial charge in [0.05, 0.1) is 6.20 Å². The molecule has 1 aromatic rings. The predicted octanol–water partition coefficient (Wildman–Crippen LogP) is 0.192. The fraction of sp³-hybridized carbons (Fsp3) is 0.500. The van der Waals surface area contributed by atoms with E-state index in [0.717, 1.165) is 0 Å². The Labute approximate surface area is 70.5 Å². The van der Waals surface area contributed by atoms with Gasteiger partial charge in [-0.15, -0.1) is 0 Å². The van der Waals surface area contributed by atoms with E-state index in [1.807, 2.05) is 0 Å². The molecule has 0 bridgehead atoms. The molecule has 0 saturated carbocycles. The third-order valence-electron chi connectivity index (χ3n) is 1.35. The zero-order chi connectivity index (χ0) is 9.19. The Morgan fingerprint density at radius 3 is 2.75 bits per heavy atom. The number of nitrogens with zero attached hydrogens (tertiary/aromatic N) is 1. The molecule has 1 rings (SSSR count). The van der Waals surface area contributed by atoms with Crippen molar-refractivity contribution < 1.29 is 12.8 Å². The van der Waals surface area contributed by atoms with Crippen LogP contribution in [0.4, 0.5) is 5.88 Å². The molecule has 0 aliphatic rings. The molecule has 0 fully saturated rings. The molecule has 1 aromatic heterocycles. The van der Waals surface area contributed by atoms with Gasteiger partial charge >= 0.3 is 0 Å². The van der Waals surface area contributed by atoms with E-state index in [-0.39, 0.29) is 23.3 Å². The second-order valence-electron chi connectivity index (χ2n) is 2.33. The van der Waals surface area contributed by atoms with Crippen LogP contribution in [0.25, 0.3) is 0 Å². The maximum absolute atomic E-state index is 11.0. The van der Waals surface area contributed by atoms with Gasteiger partial charge in [-0.05, 0) is 0 Å². The van der Waals surface area contributed by atoms with Crippen LogP contribution < -0.4 is 5.73 Å². The molecule has 0 aliphatic heterocycles. The number of hydrogen-bond acceptors (Lipinski definition) is 5. The van der Waals surface area contributed by atoms with Crippen molar-refractivity contribution in [1.29, 1.82) is 0 Å². The molecule has 0 aromatic carbocycles. The molecule has 12 heavy (non-hydrogen) atoms. The highest BCUT2D eigenvalue weighted by atomic mass is 32.2. The number of sulfone groups is 1. The first-order chi connectivity index (χ1) is 5.53. The molecule has 2 N–H and O–H groups in total. The third-order valence-corrected chi connectivity index (χ3v) is 2.92. The summed E-state index contributed by atoms with van der Waals surface area (Å²) in [5.41, 5.74) is 5.21. The Balaban J connectivity index is 2.77. The average molecular weight is 190 g/mol. The predicted molar refractivity (Wildman–Crippen MR) is 44.1 cm³/mol. The van der Waals surface area contributed by atoms with Gasteiger partial charge in [-0.25, -0.2) is 13.4 Å². The molecular formula is C6H10N2O3S. The highest BCUT2D eigenvalue weighted by Gasteiger charge is 2.12. The Morgan fingerprint density at radius 2 is 2.33 bits per heavy atom. The fourth-order valence-corrected chi connectivity index (χ4v) is 1.40. The molecule has 1 heterocycles. The molecule has 0 saturated heterocycles. The van der Waals surface area contributed by atoms with Crippen LogP contribution in [0.1, 0.15) is 12.8 Å². The van der Waals surface area contributed by atoms with Gasteiger partial charge in [0.1, 0.15) is 5.75 Å². The summed E-state index contributed by atoms with van der Waals surface area (Å²) in [6.45, 7) is 1.57. The summed E-state index contributed by atoms with van der Waals surface area (Å²) >= 11 is 0. The summed E-state index contributed by atoms with van der Waals surface area (Å²) in [5, 5.41) is 0. The third kappa shape index (κ3) is 2.23. The number of aromatic nitrogens is 1. The zero-order valence-corrected chi connectivity index (χ0v) is 7.47. The Bertz CT molecular complexity index is 355. The molecule has 0 spiro atoms. The average Bonchev–Trinajstić information content (AvgIpc) is 2.35. The van der Waals surface area contributed by atoms with Crippen LogP contribution in [0.2, 0.25) is 0 Å². The van der Waals surface area contributed by atoms with E-state index in [9.17, 15) is 8.42 Å². The first kappa shape index (κ1) is 9.05. The Morgan fingerprint density at radius 1 is 1.67 bits per heavy atom. The molecule has 0 amide bonds. The van der Waals surface area contributed by atoms with Gasteiger partial charge in [0.25, 0.3) is 0 Å². The number of oxazole rings is 1. The van der Waals surface area contributed by atoms with E-state index in [1.54, 1.807) is 6.92 Å². The lowest BCUT2D eigenvalue weighted by atomic mass is 10.8. The van der Waals surface area contributed by atoms with Crippen molar-refractivity contribution in [3.63, 3.8) is 0 Å². The number of nitrogen functional groups attached to an aromatic ring is 1. The van der Waals surface area contributed by atoms with Gasteiger partial charge in [-0.1, -0.05) is 6.92 Å². The highest BCUT2D eigenvalue weighted by Crippen LogP contribution is 2.08. The summed E-state index contributed by atoms with van der Waals surface area (Å²) < 4.78 is 26.9. The molecule has 0 radical (unpaired) electrons. The number of rotatable bonds is 3. The molecular weight excluding hydrogens is 180 g/mol. The normalized spacial score (nSPS) is 11.8. The standard InChI is InChI=1S/C6H10N2O3S/c1-2-12(9,10)4-6-8-3-5(7)11-6/h3H,2,4,7H2,1H3. The number of anilines is 1. The van der Waals surface area contributed by atoms with E-state index in [2.05, 4.69) is 4.98 Å². The summed E-state index contributed by atoms with van der Waals surface area (Å²) in [4.78, 5) is 3.68. The van der Waals surface area contributed by atoms with Crippen LogP contribution in [-0.2, 0) is 15.6 Å². The Hall–Kier alpha value is -1.04. The maximum atomic E-state index is 11.0. The van der Waals surface area contributed by atoms with E-state index in [1.165, 1.54) is 6.20 Å². The first-order valence-electron chi connectivity index (χ1n) is 3.44. The van der Waals surface area contributed by atoms with E-state index in [0.29, 0.717) is 0 Å². The Kier molecular flexibility index (Phi) is 2.37. The number of hydrogen-bond donors (Lipinski definition) is 1. The van der Waals surface area contributed by atoms with E-state index in [4.69, 9.17) is 10.2 Å². The zero-order valence-electron chi connectivity index (χ0n) is 6.65. The minimum Gasteiger partial charge on any atom is -0.424 e. The molecule has 68 valence electrons. The summed E-state index contributed by atoms with van der Waals surface area (Å²) in [6, 6.07) is 0. The smallest absolute Gasteiger partial charge is 0.212 e. The van der Waals surface area contributed by atoms with Gasteiger partial charge in [0, 0.05) is 5.75 Å². The lowest BCUT2D eigenvalue weighted by Crippen LogP contribution is -2.06. The van der Waals surface area contributed by atoms with E-state index < -0.39 is 9.84 Å². The topological polar surface area (TPSA) is 86.2 Å². The lowest BCUT2D eigenvalue weighted by Gasteiger charge is -1.94. The van der Waals surface area contributed by atoms with Gasteiger partial charge in [-0.3, -0.25) is 0 Å². The lowest BCUT2D eigenvalue weighted by molar-refractivity contribution is 0.523. The fourth-order valence-electron chi connectivity index (χ4n) is 0.681. The number of nitrogens with two attached hydrogens (primary N) is 1. The molecule has 0 aliphatic carbocycles. The second kappa shape index (κ2) is 3.14. The van der Waals surface area contributed by atoms with Gasteiger partial charge in [0.15, 0.2) is 9.84 Å². The molecule has 6 heteroatoms. The monoisotopic (exact) mass is 190 g/mol. The quantitative estimate of drug-likeness (QED) is 0.735. The summed E-state index contributed by atoms with van der Waals surface area (Å²) in [5.74, 6) is 0.182. The van der Waals surface area contributed by atoms with Crippen molar-refractivity contribution in [2.24, 2.45) is 0 Å². The minimum atomic E-state index is -3.07. The first-order valence-corrected chi connectivity index (χ1v) is 5.26. The maximum Gasteiger partial charge on any atom is 0.212 e. The van der Waals surface area contributed by atoms with Gasteiger partial charge in [-0.2, -0.15) is 0 Å². The largest absolute Gasteiger partial charge is 0.424 e. The summed E-state index contributed by atoms with van der Waals surface area (Å²) in [7, 11) is -3.07. The van der Waals surface area contributed by atoms with Crippen molar-refractivity contribution in [3.8, 4) is 0 Å². The molecule has 0 atom stereocenters. The van der Waals surface area contributed by atoms with Crippen molar-refractivity contribution in [1.82, 2.24) is 4.98 Å². The van der Waals surface area contributed by atoms with Crippen molar-refractivity contribution in [2.75, 3.05) is 11.5 Å². The van der Waals surface area contributed by atoms with Crippen molar-refractivity contribution in [2.45, 2.75) is 12.7 Å². The van der Waals surface area contributed by atoms with Crippen LogP contribution >= 0.6 is 0 Å². The SMILES string of the molecule is CCS(=O)(=O)Cc1ncc(N)o1. The second-order valence-corrected chi connectivity index (χ2v) is 4.69. The van der Waals surface area contributed by atoms with Crippen molar-refractivity contribution >= 4 is 15.7 Å². The minimum absolute atomic E-state index is 0.0787. The van der Waals surface area contributed by atoms with Gasteiger partial charge in [0.2, 0.25) is 11.8 Å². The molecule has 5 nitrogen and oxygen atoms in total. The summed E-state index contributed by atoms with van der Waals surface area (Å²) in [6.07, 6.45) is 1.29. The van der Waals surface area contributed by atoms with Crippen LogP contribution in [-0.4, -0.2) is 19.2 Å². The van der Waals surface area contributed by atoms with Gasteiger partial charge < -0.3 is 10.2 Å².